The van der Waals surface area contributed by atoms with Crippen molar-refractivity contribution in [3.63, 3.8) is 0 Å². The van der Waals surface area contributed by atoms with Crippen LogP contribution in [-0.4, -0.2) is 4.98 Å². The maximum absolute atomic E-state index is 12.4. The lowest BCUT2D eigenvalue weighted by Gasteiger charge is -1.93. The fraction of sp³-hybridized carbons (Fsp3) is 0. The van der Waals surface area contributed by atoms with Crippen LogP contribution in [0.25, 0.3) is 21.7 Å². The molecule has 1 heterocycles. The summed E-state index contributed by atoms with van der Waals surface area (Å²) in [7, 11) is 0. The Hall–Kier alpha value is -1.64. The first-order valence-electron chi connectivity index (χ1n) is 5.33. The molecule has 2 nitrogen and oxygen atoms in total. The van der Waals surface area contributed by atoms with Gasteiger partial charge in [0.2, 0.25) is 5.43 Å². The Morgan fingerprint density at radius 1 is 0.889 bits per heavy atom. The van der Waals surface area contributed by atoms with Gasteiger partial charge in [0.15, 0.2) is 0 Å². The molecule has 1 aromatic heterocycles. The minimum Gasteiger partial charge on any atom is -0.287 e. The van der Waals surface area contributed by atoms with E-state index in [1.54, 1.807) is 24.3 Å². The van der Waals surface area contributed by atoms with E-state index in [1.807, 2.05) is 12.1 Å². The zero-order valence-electron chi connectivity index (χ0n) is 9.15. The fourth-order valence-electron chi connectivity index (χ4n) is 1.96. The summed E-state index contributed by atoms with van der Waals surface area (Å²) < 4.78 is 0. The van der Waals surface area contributed by atoms with Gasteiger partial charge in [-0.15, -0.1) is 0 Å². The van der Waals surface area contributed by atoms with Crippen LogP contribution in [0.2, 0.25) is 10.0 Å². The molecule has 0 atom stereocenters. The number of hydrogen-bond acceptors (Lipinski definition) is 2. The van der Waals surface area contributed by atoms with Gasteiger partial charge < -0.3 is 0 Å². The third-order valence-corrected chi connectivity index (χ3v) is 3.24. The maximum atomic E-state index is 12.4. The Labute approximate surface area is 113 Å². The molecule has 0 spiro atoms. The van der Waals surface area contributed by atoms with E-state index in [9.17, 15) is 4.79 Å². The zero-order chi connectivity index (χ0) is 12.7. The minimum atomic E-state index is -0.113. The van der Waals surface area contributed by atoms with Gasteiger partial charge in [0.25, 0.3) is 0 Å². The van der Waals surface area contributed by atoms with E-state index < -0.39 is 0 Å². The molecule has 0 saturated carbocycles. The van der Waals surface area contributed by atoms with Crippen molar-refractivity contribution in [3.05, 3.63) is 62.9 Å². The average molecular weight is 276 g/mol. The summed E-state index contributed by atoms with van der Waals surface area (Å²) >= 11 is 11.8. The first kappa shape index (κ1) is 11.5. The molecule has 88 valence electrons. The summed E-state index contributed by atoms with van der Waals surface area (Å²) in [6, 6.07) is 10.6. The van der Waals surface area contributed by atoms with E-state index >= 15 is 0 Å². The van der Waals surface area contributed by atoms with E-state index in [-0.39, 0.29) is 5.43 Å². The summed E-state index contributed by atoms with van der Waals surface area (Å²) in [5.41, 5.74) is 0.301. The number of pyridine rings is 1. The lowest BCUT2D eigenvalue weighted by molar-refractivity contribution is 1.41. The zero-order valence-corrected chi connectivity index (χ0v) is 10.7. The molecule has 2 aromatic carbocycles. The molecule has 3 aromatic rings. The van der Waals surface area contributed by atoms with E-state index in [0.29, 0.717) is 20.9 Å². The summed E-state index contributed by atoms with van der Waals surface area (Å²) in [5.74, 6) is 0. The van der Waals surface area contributed by atoms with Gasteiger partial charge in [-0.05, 0) is 29.7 Å². The molecular weight excluding hydrogens is 269 g/mol. The third kappa shape index (κ3) is 1.84. The average Bonchev–Trinajstić information content (AvgIpc) is 2.47. The summed E-state index contributed by atoms with van der Waals surface area (Å²) in [6.45, 7) is 0. The van der Waals surface area contributed by atoms with Crippen molar-refractivity contribution in [1.82, 2.24) is 4.98 Å². The molecule has 0 unspecified atom stereocenters. The van der Waals surface area contributed by atoms with Gasteiger partial charge in [0.1, 0.15) is 5.52 Å². The first-order chi connectivity index (χ1) is 8.65. The van der Waals surface area contributed by atoms with E-state index in [4.69, 9.17) is 23.2 Å². The van der Waals surface area contributed by atoms with Crippen molar-refractivity contribution >= 4 is 44.9 Å². The van der Waals surface area contributed by atoms with Crippen LogP contribution in [0.3, 0.4) is 0 Å². The standard InChI is InChI=1S/C14H7Cl2NO/c15-10-3-4-12-8(5-10)1-2-9-6-11(16)7-17-13(9)14(12)18/h1-7H. The summed E-state index contributed by atoms with van der Waals surface area (Å²) in [6.07, 6.45) is 1.48. The second-order valence-corrected chi connectivity index (χ2v) is 4.86. The topological polar surface area (TPSA) is 30.0 Å². The molecule has 0 aliphatic heterocycles. The monoisotopic (exact) mass is 275 g/mol. The van der Waals surface area contributed by atoms with Gasteiger partial charge in [-0.1, -0.05) is 35.3 Å². The van der Waals surface area contributed by atoms with Gasteiger partial charge in [0, 0.05) is 22.0 Å². The number of fused-ring (bicyclic) bond motifs is 2. The van der Waals surface area contributed by atoms with Gasteiger partial charge >= 0.3 is 0 Å². The van der Waals surface area contributed by atoms with Crippen molar-refractivity contribution in [2.75, 3.05) is 0 Å². The number of halogens is 2. The van der Waals surface area contributed by atoms with Crippen LogP contribution in [0, 0.1) is 0 Å². The first-order valence-corrected chi connectivity index (χ1v) is 6.08. The predicted octanol–water partition coefficient (Wildman–Crippen LogP) is 4.06. The van der Waals surface area contributed by atoms with Crippen LogP contribution in [0.15, 0.2) is 47.4 Å². The molecule has 0 N–H and O–H groups in total. The Morgan fingerprint density at radius 3 is 2.44 bits per heavy atom. The van der Waals surface area contributed by atoms with Crippen molar-refractivity contribution in [3.8, 4) is 0 Å². The minimum absolute atomic E-state index is 0.113. The van der Waals surface area contributed by atoms with Gasteiger partial charge in [-0.2, -0.15) is 0 Å². The lowest BCUT2D eigenvalue weighted by Crippen LogP contribution is -2.00. The molecule has 0 aliphatic rings. The Kier molecular flexibility index (Phi) is 2.69. The number of aromatic nitrogens is 1. The van der Waals surface area contributed by atoms with E-state index in [2.05, 4.69) is 4.98 Å². The van der Waals surface area contributed by atoms with E-state index in [1.165, 1.54) is 6.20 Å². The summed E-state index contributed by atoms with van der Waals surface area (Å²) in [5, 5.41) is 3.23. The number of nitrogens with zero attached hydrogens (tertiary/aromatic N) is 1. The number of rotatable bonds is 0. The fourth-order valence-corrected chi connectivity index (χ4v) is 2.30. The molecule has 0 saturated heterocycles. The van der Waals surface area contributed by atoms with Crippen molar-refractivity contribution < 1.29 is 0 Å². The highest BCUT2D eigenvalue weighted by Gasteiger charge is 2.04. The van der Waals surface area contributed by atoms with Crippen LogP contribution in [0.4, 0.5) is 0 Å². The van der Waals surface area contributed by atoms with Crippen LogP contribution >= 0.6 is 23.2 Å². The molecule has 18 heavy (non-hydrogen) atoms. The molecule has 3 rings (SSSR count). The van der Waals surface area contributed by atoms with Gasteiger partial charge in [-0.25, -0.2) is 0 Å². The van der Waals surface area contributed by atoms with Crippen molar-refractivity contribution in [2.45, 2.75) is 0 Å². The van der Waals surface area contributed by atoms with Crippen LogP contribution < -0.4 is 5.43 Å². The molecule has 0 amide bonds. The lowest BCUT2D eigenvalue weighted by atomic mass is 10.2. The third-order valence-electron chi connectivity index (χ3n) is 2.80. The molecule has 0 radical (unpaired) electrons. The Morgan fingerprint density at radius 2 is 1.61 bits per heavy atom. The smallest absolute Gasteiger partial charge is 0.212 e. The second kappa shape index (κ2) is 4.23. The highest BCUT2D eigenvalue weighted by Crippen LogP contribution is 2.19. The predicted molar refractivity (Wildman–Crippen MR) is 75.5 cm³/mol. The van der Waals surface area contributed by atoms with Gasteiger partial charge in [0.05, 0.1) is 5.02 Å². The van der Waals surface area contributed by atoms with E-state index in [0.717, 1.165) is 10.8 Å². The number of benzene rings is 1. The van der Waals surface area contributed by atoms with Crippen LogP contribution in [-0.2, 0) is 0 Å². The molecule has 0 bridgehead atoms. The van der Waals surface area contributed by atoms with Crippen LogP contribution in [0.5, 0.6) is 0 Å². The highest BCUT2D eigenvalue weighted by atomic mass is 35.5. The number of hydrogen-bond donors (Lipinski definition) is 0. The van der Waals surface area contributed by atoms with Crippen molar-refractivity contribution in [1.29, 1.82) is 0 Å². The Balaban J connectivity index is 2.59. The van der Waals surface area contributed by atoms with Crippen LogP contribution in [0.1, 0.15) is 0 Å². The maximum Gasteiger partial charge on any atom is 0.212 e. The molecule has 4 heteroatoms. The largest absolute Gasteiger partial charge is 0.287 e. The SMILES string of the molecule is O=c1c2ccc(Cl)cc2ccc2cc(Cl)cnc12. The molecule has 0 aliphatic carbocycles. The van der Waals surface area contributed by atoms with Crippen molar-refractivity contribution in [2.24, 2.45) is 0 Å². The molecule has 0 fully saturated rings. The normalized spacial score (nSPS) is 11.0. The summed E-state index contributed by atoms with van der Waals surface area (Å²) in [4.78, 5) is 16.5. The van der Waals surface area contributed by atoms with Gasteiger partial charge in [-0.3, -0.25) is 9.78 Å². The highest BCUT2D eigenvalue weighted by molar-refractivity contribution is 6.31. The quantitative estimate of drug-likeness (QED) is 0.620. The molecular formula is C14H7Cl2NO. The second-order valence-electron chi connectivity index (χ2n) is 3.99. The Bertz CT molecular complexity index is 763.